The first-order valence-electron chi connectivity index (χ1n) is 7.62. The Balaban J connectivity index is 0.00000225. The topological polar surface area (TPSA) is 35.2 Å². The van der Waals surface area contributed by atoms with Crippen molar-refractivity contribution in [2.45, 2.75) is 13.2 Å². The van der Waals surface area contributed by atoms with Crippen molar-refractivity contribution in [2.75, 3.05) is 0 Å². The Morgan fingerprint density at radius 1 is 0.880 bits per heavy atom. The van der Waals surface area contributed by atoms with Gasteiger partial charge in [0.05, 0.1) is 0 Å². The maximum absolute atomic E-state index is 14.3. The quantitative estimate of drug-likeness (QED) is 0.627. The van der Waals surface area contributed by atoms with Gasteiger partial charge in [-0.2, -0.15) is 0 Å². The Bertz CT molecular complexity index is 840. The molecule has 130 valence electrons. The predicted octanol–water partition coefficient (Wildman–Crippen LogP) is 5.61. The highest BCUT2D eigenvalue weighted by atomic mass is 35.5. The van der Waals surface area contributed by atoms with Crippen LogP contribution in [0.25, 0.3) is 11.1 Å². The molecular formula is C20H18Cl2FNO. The monoisotopic (exact) mass is 377 g/mol. The molecule has 0 heterocycles. The third-order valence-electron chi connectivity index (χ3n) is 3.74. The molecule has 2 N–H and O–H groups in total. The summed E-state index contributed by atoms with van der Waals surface area (Å²) in [6.45, 7) is 0.794. The van der Waals surface area contributed by atoms with E-state index in [4.69, 9.17) is 22.1 Å². The fourth-order valence-corrected chi connectivity index (χ4v) is 2.64. The molecule has 0 aliphatic heterocycles. The predicted molar refractivity (Wildman–Crippen MR) is 103 cm³/mol. The highest BCUT2D eigenvalue weighted by molar-refractivity contribution is 6.30. The van der Waals surface area contributed by atoms with Gasteiger partial charge in [-0.15, -0.1) is 12.4 Å². The fraction of sp³-hybridized carbons (Fsp3) is 0.100. The van der Waals surface area contributed by atoms with Crippen LogP contribution in [0.15, 0.2) is 66.7 Å². The zero-order chi connectivity index (χ0) is 16.9. The summed E-state index contributed by atoms with van der Waals surface area (Å²) in [6, 6.07) is 20.0. The van der Waals surface area contributed by atoms with E-state index in [2.05, 4.69) is 0 Å². The summed E-state index contributed by atoms with van der Waals surface area (Å²) < 4.78 is 20.2. The molecule has 0 amide bonds. The molecular weight excluding hydrogens is 360 g/mol. The van der Waals surface area contributed by atoms with Gasteiger partial charge in [-0.3, -0.25) is 0 Å². The smallest absolute Gasteiger partial charge is 0.132 e. The van der Waals surface area contributed by atoms with Gasteiger partial charge in [-0.1, -0.05) is 54.1 Å². The van der Waals surface area contributed by atoms with Crippen LogP contribution in [0.3, 0.4) is 0 Å². The summed E-state index contributed by atoms with van der Waals surface area (Å²) in [7, 11) is 0. The molecule has 3 aromatic carbocycles. The summed E-state index contributed by atoms with van der Waals surface area (Å²) in [5.41, 5.74) is 8.81. The van der Waals surface area contributed by atoms with Gasteiger partial charge in [0.25, 0.3) is 0 Å². The molecule has 0 aliphatic rings. The summed E-state index contributed by atoms with van der Waals surface area (Å²) in [5.74, 6) is 0.218. The van der Waals surface area contributed by atoms with Crippen LogP contribution in [0.2, 0.25) is 5.02 Å². The van der Waals surface area contributed by atoms with Gasteiger partial charge in [-0.05, 0) is 35.4 Å². The lowest BCUT2D eigenvalue weighted by Gasteiger charge is -2.14. The Morgan fingerprint density at radius 3 is 2.28 bits per heavy atom. The first-order valence-corrected chi connectivity index (χ1v) is 8.00. The molecule has 0 fully saturated rings. The average Bonchev–Trinajstić information content (AvgIpc) is 2.61. The molecule has 0 aliphatic carbocycles. The minimum atomic E-state index is -0.382. The number of hydrogen-bond acceptors (Lipinski definition) is 2. The minimum absolute atomic E-state index is 0. The number of benzene rings is 3. The lowest BCUT2D eigenvalue weighted by Crippen LogP contribution is -2.01. The second kappa shape index (κ2) is 8.86. The molecule has 0 radical (unpaired) electrons. The van der Waals surface area contributed by atoms with Crippen LogP contribution < -0.4 is 10.5 Å². The number of halogens is 3. The Labute approximate surface area is 157 Å². The van der Waals surface area contributed by atoms with Crippen molar-refractivity contribution in [3.8, 4) is 16.9 Å². The molecule has 25 heavy (non-hydrogen) atoms. The molecule has 0 spiro atoms. The number of rotatable bonds is 5. The van der Waals surface area contributed by atoms with Crippen LogP contribution in [0.5, 0.6) is 5.75 Å². The van der Waals surface area contributed by atoms with E-state index in [0.717, 1.165) is 11.1 Å². The third-order valence-corrected chi connectivity index (χ3v) is 3.98. The van der Waals surface area contributed by atoms with Crippen LogP contribution in [0.1, 0.15) is 11.1 Å². The van der Waals surface area contributed by atoms with Crippen molar-refractivity contribution >= 4 is 24.0 Å². The van der Waals surface area contributed by atoms with Crippen molar-refractivity contribution in [1.29, 1.82) is 0 Å². The lowest BCUT2D eigenvalue weighted by atomic mass is 10.0. The molecule has 0 atom stereocenters. The first-order chi connectivity index (χ1) is 11.7. The van der Waals surface area contributed by atoms with Gasteiger partial charge in [0.15, 0.2) is 0 Å². The Morgan fingerprint density at radius 2 is 1.60 bits per heavy atom. The van der Waals surface area contributed by atoms with Gasteiger partial charge < -0.3 is 10.5 Å². The highest BCUT2D eigenvalue weighted by Gasteiger charge is 2.12. The van der Waals surface area contributed by atoms with Crippen molar-refractivity contribution in [3.63, 3.8) is 0 Å². The molecule has 0 saturated heterocycles. The largest absolute Gasteiger partial charge is 0.488 e. The summed E-state index contributed by atoms with van der Waals surface area (Å²) in [5, 5.41) is 0.363. The number of hydrogen-bond donors (Lipinski definition) is 1. The van der Waals surface area contributed by atoms with E-state index in [0.29, 0.717) is 35.1 Å². The van der Waals surface area contributed by atoms with Crippen LogP contribution in [0.4, 0.5) is 4.39 Å². The molecule has 0 unspecified atom stereocenters. The van der Waals surface area contributed by atoms with Crippen LogP contribution in [-0.4, -0.2) is 0 Å². The summed E-state index contributed by atoms with van der Waals surface area (Å²) in [6.07, 6.45) is 0. The van der Waals surface area contributed by atoms with E-state index >= 15 is 0 Å². The number of nitrogens with two attached hydrogens (primary N) is 1. The van der Waals surface area contributed by atoms with E-state index in [9.17, 15) is 4.39 Å². The normalized spacial score (nSPS) is 10.2. The molecule has 3 aromatic rings. The molecule has 0 saturated carbocycles. The van der Waals surface area contributed by atoms with Crippen LogP contribution >= 0.6 is 24.0 Å². The minimum Gasteiger partial charge on any atom is -0.488 e. The maximum Gasteiger partial charge on any atom is 0.132 e. The zero-order valence-electron chi connectivity index (χ0n) is 13.4. The van der Waals surface area contributed by atoms with E-state index in [1.165, 1.54) is 6.07 Å². The second-order valence-electron chi connectivity index (χ2n) is 5.43. The van der Waals surface area contributed by atoms with Crippen LogP contribution in [-0.2, 0) is 13.2 Å². The zero-order valence-corrected chi connectivity index (χ0v) is 15.0. The van der Waals surface area contributed by atoms with Crippen molar-refractivity contribution in [2.24, 2.45) is 5.73 Å². The Kier molecular flexibility index (Phi) is 6.82. The van der Waals surface area contributed by atoms with E-state index < -0.39 is 0 Å². The van der Waals surface area contributed by atoms with Gasteiger partial charge in [0, 0.05) is 22.7 Å². The van der Waals surface area contributed by atoms with Gasteiger partial charge >= 0.3 is 0 Å². The van der Waals surface area contributed by atoms with E-state index in [1.807, 2.05) is 48.5 Å². The molecule has 0 bridgehead atoms. The molecule has 5 heteroatoms. The van der Waals surface area contributed by atoms with Crippen molar-refractivity contribution < 1.29 is 9.13 Å². The highest BCUT2D eigenvalue weighted by Crippen LogP contribution is 2.34. The average molecular weight is 378 g/mol. The summed E-state index contributed by atoms with van der Waals surface area (Å²) >= 11 is 5.85. The van der Waals surface area contributed by atoms with Gasteiger partial charge in [0.1, 0.15) is 18.2 Å². The third kappa shape index (κ3) is 4.73. The van der Waals surface area contributed by atoms with Crippen molar-refractivity contribution in [3.05, 3.63) is 88.7 Å². The van der Waals surface area contributed by atoms with Crippen molar-refractivity contribution in [1.82, 2.24) is 0 Å². The standard InChI is InChI=1S/C20H17ClFNO.ClH/c21-16-7-9-17(19(22)11-16)18-8-6-15(12-23)10-20(18)24-13-14-4-2-1-3-5-14;/h1-11H,12-13,23H2;1H. The molecule has 3 rings (SSSR count). The SMILES string of the molecule is Cl.NCc1ccc(-c2ccc(Cl)cc2F)c(OCc2ccccc2)c1. The van der Waals surface area contributed by atoms with Crippen LogP contribution in [0, 0.1) is 5.82 Å². The Hall–Kier alpha value is -2.07. The molecule has 2 nitrogen and oxygen atoms in total. The molecule has 0 aromatic heterocycles. The summed E-state index contributed by atoms with van der Waals surface area (Å²) in [4.78, 5) is 0. The first kappa shape index (κ1) is 19.3. The lowest BCUT2D eigenvalue weighted by molar-refractivity contribution is 0.307. The maximum atomic E-state index is 14.3. The number of ether oxygens (including phenoxy) is 1. The van der Waals surface area contributed by atoms with E-state index in [1.54, 1.807) is 12.1 Å². The second-order valence-corrected chi connectivity index (χ2v) is 5.87. The van der Waals surface area contributed by atoms with E-state index in [-0.39, 0.29) is 18.2 Å². The van der Waals surface area contributed by atoms with Gasteiger partial charge in [-0.25, -0.2) is 4.39 Å². The fourth-order valence-electron chi connectivity index (χ4n) is 2.48. The van der Waals surface area contributed by atoms with Gasteiger partial charge in [0.2, 0.25) is 0 Å².